The van der Waals surface area contributed by atoms with E-state index in [1.54, 1.807) is 44.3 Å². The molecule has 9 rings (SSSR count). The summed E-state index contributed by atoms with van der Waals surface area (Å²) in [5.74, 6) is -13.1. The molecule has 2 fully saturated rings. The fourth-order valence-electron chi connectivity index (χ4n) is 12.8. The van der Waals surface area contributed by atoms with Crippen molar-refractivity contribution < 1.29 is 102 Å². The summed E-state index contributed by atoms with van der Waals surface area (Å²) in [6, 6.07) is 2.51. The van der Waals surface area contributed by atoms with Crippen molar-refractivity contribution >= 4 is 99.1 Å². The maximum absolute atomic E-state index is 14.4. The Morgan fingerprint density at radius 3 is 2.22 bits per heavy atom. The second-order valence-electron chi connectivity index (χ2n) is 26.1. The Morgan fingerprint density at radius 2 is 1.53 bits per heavy atom. The van der Waals surface area contributed by atoms with Gasteiger partial charge in [-0.2, -0.15) is 0 Å². The number of hydrogen-bond donors (Lipinski definition) is 15. The number of carbonyl (C=O) groups excluding carboxylic acids is 13. The van der Waals surface area contributed by atoms with Crippen molar-refractivity contribution in [3.05, 3.63) is 106 Å². The summed E-state index contributed by atoms with van der Waals surface area (Å²) < 4.78 is 22.7. The third kappa shape index (κ3) is 17.8. The van der Waals surface area contributed by atoms with Gasteiger partial charge in [-0.05, 0) is 50.3 Å². The number of nitrogens with two attached hydrogens (primary N) is 3. The number of aromatic amines is 2. The van der Waals surface area contributed by atoms with Crippen LogP contribution in [0.25, 0.3) is 10.9 Å². The molecule has 0 spiro atoms. The third-order valence-corrected chi connectivity index (χ3v) is 19.4. The number of phenolic OH excluding ortho intramolecular Hbond substituents is 2. The Morgan fingerprint density at radius 1 is 0.816 bits per heavy atom. The predicted molar refractivity (Wildman–Crippen MR) is 363 cm³/mol. The van der Waals surface area contributed by atoms with Gasteiger partial charge in [0.25, 0.3) is 0 Å². The molecule has 552 valence electrons. The molecule has 1 unspecified atom stereocenters. The van der Waals surface area contributed by atoms with Gasteiger partial charge < -0.3 is 103 Å². The highest BCUT2D eigenvalue weighted by atomic mass is 32.2. The van der Waals surface area contributed by atoms with Crippen LogP contribution in [0.4, 0.5) is 0 Å². The zero-order valence-corrected chi connectivity index (χ0v) is 57.7. The number of rotatable bonds is 31. The van der Waals surface area contributed by atoms with Gasteiger partial charge in [0.1, 0.15) is 59.1 Å². The molecule has 0 radical (unpaired) electrons. The van der Waals surface area contributed by atoms with Gasteiger partial charge in [0.2, 0.25) is 64.7 Å². The number of aliphatic hydroxyl groups excluding tert-OH is 1. The van der Waals surface area contributed by atoms with Crippen molar-refractivity contribution in [2.45, 2.75) is 164 Å². The molecule has 0 bridgehead atoms. The van der Waals surface area contributed by atoms with Crippen LogP contribution in [0.3, 0.4) is 0 Å². The normalized spacial score (nSPS) is 21.3. The van der Waals surface area contributed by atoms with Gasteiger partial charge >= 0.3 is 5.97 Å². The predicted octanol–water partition coefficient (Wildman–Crippen LogP) is -1.72. The fraction of sp³-hybridized carbons (Fsp3) is 0.471. The number of methoxy groups -OCH3 is 1. The summed E-state index contributed by atoms with van der Waals surface area (Å²) in [6.07, 6.45) is -4.36. The van der Waals surface area contributed by atoms with E-state index >= 15 is 0 Å². The molecule has 3 aromatic carbocycles. The van der Waals surface area contributed by atoms with E-state index in [0.717, 1.165) is 0 Å². The molecule has 2 saturated heterocycles. The Kier molecular flexibility index (Phi) is 24.8. The van der Waals surface area contributed by atoms with Gasteiger partial charge in [-0.25, -0.2) is 4.98 Å². The Labute approximate surface area is 592 Å². The molecule has 2 aromatic heterocycles. The maximum Gasteiger partial charge on any atom is 0.306 e. The van der Waals surface area contributed by atoms with Crippen LogP contribution in [0.2, 0.25) is 0 Å². The number of ether oxygens (including phenoxy) is 4. The van der Waals surface area contributed by atoms with Crippen molar-refractivity contribution in [1.29, 1.82) is 0 Å². The summed E-state index contributed by atoms with van der Waals surface area (Å²) in [4.78, 5) is 188. The number of carbonyl (C=O) groups is 13. The van der Waals surface area contributed by atoms with Gasteiger partial charge in [-0.1, -0.05) is 44.2 Å². The minimum Gasteiger partial charge on any atom is -0.507 e. The van der Waals surface area contributed by atoms with Crippen molar-refractivity contribution in [3.63, 3.8) is 0 Å². The number of ketones is 3. The van der Waals surface area contributed by atoms with Crippen molar-refractivity contribution in [2.24, 2.45) is 23.1 Å². The quantitative estimate of drug-likeness (QED) is 0.0170. The second kappa shape index (κ2) is 33.2. The zero-order chi connectivity index (χ0) is 74.9. The minimum absolute atomic E-state index is 0.000109. The van der Waals surface area contributed by atoms with Crippen LogP contribution >= 0.6 is 11.8 Å². The molecule has 9 amide bonds. The number of nitrogens with one attached hydrogen (secondary N) is 8. The number of esters is 1. The van der Waals surface area contributed by atoms with Gasteiger partial charge in [-0.15, -0.1) is 11.8 Å². The summed E-state index contributed by atoms with van der Waals surface area (Å²) in [5, 5.41) is 62.6. The largest absolute Gasteiger partial charge is 0.507 e. The van der Waals surface area contributed by atoms with Gasteiger partial charge in [0, 0.05) is 109 Å². The fourth-order valence-corrected chi connectivity index (χ4v) is 14.0. The molecule has 35 heteroatoms. The number of imidazole rings is 1. The molecule has 2 aliphatic carbocycles. The second-order valence-corrected chi connectivity index (χ2v) is 27.1. The molecular weight excluding hydrogens is 1370 g/mol. The van der Waals surface area contributed by atoms with E-state index in [4.69, 9.17) is 36.1 Å². The number of primary amides is 2. The lowest BCUT2D eigenvalue weighted by Crippen LogP contribution is -2.59. The molecule has 4 aliphatic rings. The number of aromatic hydroxyl groups is 2. The molecule has 4 heterocycles. The average molecular weight is 1450 g/mol. The van der Waals surface area contributed by atoms with Crippen molar-refractivity contribution in [2.75, 3.05) is 31.9 Å². The molecule has 103 heavy (non-hydrogen) atoms. The highest BCUT2D eigenvalue weighted by Crippen LogP contribution is 2.53. The lowest BCUT2D eigenvalue weighted by molar-refractivity contribution is -0.247. The topological polar surface area (TPSA) is 538 Å². The van der Waals surface area contributed by atoms with Gasteiger partial charge in [0.05, 0.1) is 60.9 Å². The Balaban J connectivity index is 0.818. The summed E-state index contributed by atoms with van der Waals surface area (Å²) in [5.41, 5.74) is 14.1. The molecule has 2 aliphatic heterocycles. The molecule has 34 nitrogen and oxygen atoms in total. The Hall–Kier alpha value is -10.3. The third-order valence-electron chi connectivity index (χ3n) is 18.4. The van der Waals surface area contributed by atoms with Crippen LogP contribution in [0, 0.1) is 5.92 Å². The number of amides is 9. The molecule has 12 atom stereocenters. The van der Waals surface area contributed by atoms with Crippen molar-refractivity contribution in [1.82, 2.24) is 51.8 Å². The minimum atomic E-state index is -2.57. The summed E-state index contributed by atoms with van der Waals surface area (Å²) in [6.45, 7) is 4.30. The number of phenols is 2. The van der Waals surface area contributed by atoms with E-state index in [0.29, 0.717) is 22.2 Å². The number of nitrogens with zero attached hydrogens (tertiary/aromatic N) is 2. The van der Waals surface area contributed by atoms with E-state index in [2.05, 4.69) is 46.9 Å². The highest BCUT2D eigenvalue weighted by molar-refractivity contribution is 7.99. The number of fused-ring (bicyclic) bond motifs is 4. The number of para-hydroxylation sites is 1. The summed E-state index contributed by atoms with van der Waals surface area (Å²) in [7, 11) is 1.27. The smallest absolute Gasteiger partial charge is 0.306 e. The first-order valence-electron chi connectivity index (χ1n) is 33.2. The Bertz CT molecular complexity index is 4120. The van der Waals surface area contributed by atoms with Crippen LogP contribution in [0.1, 0.15) is 133 Å². The first kappa shape index (κ1) is 76.8. The zero-order valence-electron chi connectivity index (χ0n) is 56.9. The van der Waals surface area contributed by atoms with Crippen LogP contribution in [-0.2, 0) is 86.2 Å². The van der Waals surface area contributed by atoms with E-state index in [-0.39, 0.29) is 71.7 Å². The number of benzene rings is 3. The SMILES string of the molecule is COc1cccc2c1C(=O)c1c(O)c3c(c(O)c1C2=O)C[C@@](O)(C(=O)COC(=O)CCCC(=O)N[C@@H](CCC(N)=O)C(=O)N[C@@H](Cc1c[nH]c2ccccc12)C(=O)N[C@@H](C)C(=O)N[C@H](C(=O)NCC(=O)N[C@@H](Cc1cnc[nH]1)C(=O)N1CSCC1C(N)=O)C(C)C)C[C@@H]3O[C@H]1C[C@H](N)[C@H](O)[C@H](C)O1. The number of hydrogen-bond acceptors (Lipinski definition) is 24. The highest BCUT2D eigenvalue weighted by Gasteiger charge is 2.51. The first-order valence-corrected chi connectivity index (χ1v) is 34.3. The number of H-pyrrole nitrogens is 2. The molecule has 18 N–H and O–H groups in total. The van der Waals surface area contributed by atoms with Crippen LogP contribution < -0.4 is 53.8 Å². The summed E-state index contributed by atoms with van der Waals surface area (Å²) >= 11 is 1.31. The lowest BCUT2D eigenvalue weighted by Gasteiger charge is -2.42. The monoisotopic (exact) mass is 1450 g/mol. The first-order chi connectivity index (χ1) is 48.9. The van der Waals surface area contributed by atoms with E-state index in [9.17, 15) is 82.8 Å². The van der Waals surface area contributed by atoms with Gasteiger partial charge in [0.15, 0.2) is 18.7 Å². The van der Waals surface area contributed by atoms with Crippen molar-refractivity contribution in [3.8, 4) is 17.2 Å². The maximum atomic E-state index is 14.4. The molecule has 5 aromatic rings. The van der Waals surface area contributed by atoms with Crippen LogP contribution in [0.5, 0.6) is 17.2 Å². The number of aliphatic hydroxyl groups is 2. The average Bonchev–Trinajstić information content (AvgIpc) is 1.10. The van der Waals surface area contributed by atoms with E-state index in [1.807, 2.05) is 0 Å². The molecular formula is C68H83N13O21S. The number of thioether (sulfide) groups is 1. The van der Waals surface area contributed by atoms with Gasteiger partial charge in [-0.3, -0.25) is 62.3 Å². The number of aromatic nitrogens is 3. The standard InChI is InChI=1S/C68H83N13O21S/c1-30(2)56(66(96)74-25-49(85)78-42(19-34-24-72-28-75-34)67(97)81-29-103-27-43(81)62(71)92)80-63(93)31(3)76-65(95)41(18-33-23-73-39-12-7-6-10-35(33)39)79-64(94)40(16-17-47(70)83)77-48(84)14-9-15-50(86)100-26-46(82)68(98)21-37-53(45(22-68)102-51-20-38(69)57(87)32(4)101-51)61(91)55-54(59(37)89)58(88)36-11-8-13-44(99-5)52(36)60(55)90/h6-8,10-13,23-24,28,30-32,38,40-43,45,51,56-57,73,87,89,91,98H,9,14-22,25-27,29,69H2,1-5H3,(H2,70,83)(H2,71,92)(H,72,75)(H,74,96)(H,76,95)(H,77,84)(H,78,85)(H,79,94)(H,80,93)/t31-,32-,38-,40-,41-,42-,43?,45-,51-,56-,57+,68-/m0/s1. The molecule has 0 saturated carbocycles. The van der Waals surface area contributed by atoms with E-state index in [1.165, 1.54) is 68.3 Å². The van der Waals surface area contributed by atoms with E-state index < -0.39 is 223 Å². The van der Waals surface area contributed by atoms with Crippen LogP contribution in [-0.4, -0.2) is 215 Å². The lowest BCUT2D eigenvalue weighted by atomic mass is 9.72. The van der Waals surface area contributed by atoms with Crippen LogP contribution in [0.15, 0.2) is 61.2 Å². The number of Topliss-reactive ketones (excluding diaryl/α,β-unsaturated/α-hetero) is 1.